The number of fused-ring (bicyclic) bond motifs is 2. The zero-order chi connectivity index (χ0) is 26.4. The molecule has 0 bridgehead atoms. The molecule has 0 spiro atoms. The Hall–Kier alpha value is -2.59. The summed E-state index contributed by atoms with van der Waals surface area (Å²) in [4.78, 5) is 48.0. The van der Waals surface area contributed by atoms with E-state index in [0.717, 1.165) is 47.0 Å². The number of hydrogen-bond acceptors (Lipinski definition) is 14. The van der Waals surface area contributed by atoms with Crippen LogP contribution in [0.2, 0.25) is 0 Å². The maximum atomic E-state index is 12.3. The fraction of sp³-hybridized carbons (Fsp3) is 0.318. The summed E-state index contributed by atoms with van der Waals surface area (Å²) in [6, 6.07) is 3.94. The summed E-state index contributed by atoms with van der Waals surface area (Å²) in [5, 5.41) is 19.2. The summed E-state index contributed by atoms with van der Waals surface area (Å²) in [6.45, 7) is 6.11. The SMILES string of the molecule is CCOOCC(C#N)=C1Sc2c(OC(C)=O)c3c(c(OC(C)=O)c2S1)SC(=C(C#N)C(=O)OCC)S3. The molecular formula is C22H18N2O8S4. The van der Waals surface area contributed by atoms with Crippen molar-refractivity contribution in [1.82, 2.24) is 0 Å². The number of rotatable bonds is 8. The highest BCUT2D eigenvalue weighted by Gasteiger charge is 2.40. The van der Waals surface area contributed by atoms with Gasteiger partial charge in [-0.3, -0.25) is 9.59 Å². The molecule has 0 atom stereocenters. The molecule has 1 aromatic rings. The van der Waals surface area contributed by atoms with Crippen LogP contribution in [0.1, 0.15) is 27.7 Å². The third-order valence-electron chi connectivity index (χ3n) is 4.09. The van der Waals surface area contributed by atoms with Crippen LogP contribution >= 0.6 is 47.0 Å². The fourth-order valence-corrected chi connectivity index (χ4v) is 8.11. The Labute approximate surface area is 223 Å². The van der Waals surface area contributed by atoms with Crippen molar-refractivity contribution in [2.24, 2.45) is 0 Å². The van der Waals surface area contributed by atoms with Crippen LogP contribution in [-0.4, -0.2) is 37.7 Å². The van der Waals surface area contributed by atoms with E-state index in [-0.39, 0.29) is 35.9 Å². The lowest BCUT2D eigenvalue weighted by atomic mass is 10.3. The highest BCUT2D eigenvalue weighted by Crippen LogP contribution is 2.68. The van der Waals surface area contributed by atoms with Gasteiger partial charge >= 0.3 is 17.9 Å². The zero-order valence-corrected chi connectivity index (χ0v) is 22.7. The third-order valence-corrected chi connectivity index (χ3v) is 9.36. The minimum atomic E-state index is -0.791. The van der Waals surface area contributed by atoms with E-state index in [2.05, 4.69) is 6.07 Å². The van der Waals surface area contributed by atoms with Crippen molar-refractivity contribution < 1.29 is 38.4 Å². The van der Waals surface area contributed by atoms with Crippen molar-refractivity contribution in [2.75, 3.05) is 19.8 Å². The van der Waals surface area contributed by atoms with Crippen LogP contribution in [-0.2, 0) is 28.9 Å². The molecular weight excluding hydrogens is 549 g/mol. The molecule has 0 amide bonds. The highest BCUT2D eigenvalue weighted by atomic mass is 32.2. The lowest BCUT2D eigenvalue weighted by Gasteiger charge is -2.15. The summed E-state index contributed by atoms with van der Waals surface area (Å²) in [7, 11) is 0. The van der Waals surface area contributed by atoms with Crippen LogP contribution in [0.25, 0.3) is 0 Å². The average Bonchev–Trinajstić information content (AvgIpc) is 3.45. The Morgan fingerprint density at radius 1 is 0.750 bits per heavy atom. The van der Waals surface area contributed by atoms with Gasteiger partial charge < -0.3 is 14.2 Å². The van der Waals surface area contributed by atoms with Crippen LogP contribution in [0.15, 0.2) is 39.2 Å². The van der Waals surface area contributed by atoms with Gasteiger partial charge in [-0.15, -0.1) is 0 Å². The first-order valence-corrected chi connectivity index (χ1v) is 13.5. The van der Waals surface area contributed by atoms with E-state index in [0.29, 0.717) is 34.7 Å². The normalized spacial score (nSPS) is 13.3. The molecule has 0 aliphatic carbocycles. The number of carbonyl (C=O) groups is 3. The van der Waals surface area contributed by atoms with Crippen molar-refractivity contribution in [2.45, 2.75) is 47.3 Å². The standard InChI is InChI=1S/C22H18N2O8S4/c1-5-28-20(27)13(8-24)22-35-18-14(31-10(3)25)16-17(15(19(18)36-22)32-11(4)26)34-21(33-16)12(7-23)9-30-29-6-2/h5-6,9H2,1-4H3. The summed E-state index contributed by atoms with van der Waals surface area (Å²) >= 11 is 4.37. The first kappa shape index (κ1) is 28.0. The molecule has 2 aliphatic rings. The molecule has 0 radical (unpaired) electrons. The van der Waals surface area contributed by atoms with Crippen molar-refractivity contribution in [3.8, 4) is 23.6 Å². The number of esters is 3. The quantitative estimate of drug-likeness (QED) is 0.0796. The van der Waals surface area contributed by atoms with E-state index in [1.807, 2.05) is 6.07 Å². The lowest BCUT2D eigenvalue weighted by Crippen LogP contribution is -2.07. The molecule has 3 rings (SSSR count). The van der Waals surface area contributed by atoms with Crippen LogP contribution in [0.3, 0.4) is 0 Å². The lowest BCUT2D eigenvalue weighted by molar-refractivity contribution is -0.283. The topological polar surface area (TPSA) is 145 Å². The molecule has 14 heteroatoms. The van der Waals surface area contributed by atoms with Gasteiger partial charge in [0.1, 0.15) is 12.7 Å². The molecule has 0 saturated carbocycles. The molecule has 0 N–H and O–H groups in total. The Kier molecular flexibility index (Phi) is 9.78. The molecule has 0 saturated heterocycles. The minimum Gasteiger partial charge on any atom is -0.462 e. The largest absolute Gasteiger partial charge is 0.462 e. The van der Waals surface area contributed by atoms with Gasteiger partial charge in [0.25, 0.3) is 0 Å². The molecule has 2 heterocycles. The molecule has 0 fully saturated rings. The number of ether oxygens (including phenoxy) is 3. The van der Waals surface area contributed by atoms with Gasteiger partial charge in [-0.2, -0.15) is 10.5 Å². The second-order valence-corrected chi connectivity index (χ2v) is 11.2. The average molecular weight is 567 g/mol. The van der Waals surface area contributed by atoms with Crippen LogP contribution in [0.5, 0.6) is 11.5 Å². The van der Waals surface area contributed by atoms with Gasteiger partial charge in [0.05, 0.1) is 52.9 Å². The highest BCUT2D eigenvalue weighted by molar-refractivity contribution is 8.26. The Bertz CT molecular complexity index is 1220. The van der Waals surface area contributed by atoms with E-state index in [1.165, 1.54) is 13.8 Å². The van der Waals surface area contributed by atoms with Crippen molar-refractivity contribution in [3.05, 3.63) is 19.6 Å². The van der Waals surface area contributed by atoms with E-state index in [1.54, 1.807) is 13.8 Å². The van der Waals surface area contributed by atoms with E-state index < -0.39 is 17.9 Å². The molecule has 0 unspecified atom stereocenters. The van der Waals surface area contributed by atoms with E-state index in [4.69, 9.17) is 24.0 Å². The number of benzene rings is 1. The van der Waals surface area contributed by atoms with Gasteiger partial charge in [0.2, 0.25) is 0 Å². The maximum Gasteiger partial charge on any atom is 0.350 e. The number of nitrogens with zero attached hydrogens (tertiary/aromatic N) is 2. The zero-order valence-electron chi connectivity index (χ0n) is 19.4. The second-order valence-electron chi connectivity index (χ2n) is 6.61. The summed E-state index contributed by atoms with van der Waals surface area (Å²) in [5.74, 6) is -1.64. The van der Waals surface area contributed by atoms with Crippen molar-refractivity contribution >= 4 is 65.0 Å². The first-order valence-electron chi connectivity index (χ1n) is 10.3. The molecule has 0 aromatic heterocycles. The van der Waals surface area contributed by atoms with Crippen molar-refractivity contribution in [1.29, 1.82) is 10.5 Å². The van der Waals surface area contributed by atoms with Crippen LogP contribution < -0.4 is 9.47 Å². The Morgan fingerprint density at radius 2 is 1.25 bits per heavy atom. The predicted octanol–water partition coefficient (Wildman–Crippen LogP) is 4.93. The monoisotopic (exact) mass is 566 g/mol. The summed E-state index contributed by atoms with van der Waals surface area (Å²) in [5.41, 5.74) is 0.0545. The van der Waals surface area contributed by atoms with Gasteiger partial charge in [-0.1, -0.05) is 47.0 Å². The number of hydrogen-bond donors (Lipinski definition) is 0. The van der Waals surface area contributed by atoms with Gasteiger partial charge in [0.15, 0.2) is 17.1 Å². The Balaban J connectivity index is 2.20. The van der Waals surface area contributed by atoms with Crippen molar-refractivity contribution in [3.63, 3.8) is 0 Å². The number of nitriles is 2. The van der Waals surface area contributed by atoms with Gasteiger partial charge in [-0.25, -0.2) is 14.6 Å². The summed E-state index contributed by atoms with van der Waals surface area (Å²) < 4.78 is 16.9. The summed E-state index contributed by atoms with van der Waals surface area (Å²) in [6.07, 6.45) is 0. The predicted molar refractivity (Wildman–Crippen MR) is 132 cm³/mol. The molecule has 10 nitrogen and oxygen atoms in total. The van der Waals surface area contributed by atoms with Crippen LogP contribution in [0.4, 0.5) is 0 Å². The molecule has 1 aromatic carbocycles. The molecule has 188 valence electrons. The smallest absolute Gasteiger partial charge is 0.350 e. The van der Waals surface area contributed by atoms with Crippen LogP contribution in [0, 0.1) is 22.7 Å². The molecule has 36 heavy (non-hydrogen) atoms. The fourth-order valence-electron chi connectivity index (χ4n) is 2.80. The number of thioether (sulfide) groups is 4. The number of carbonyl (C=O) groups excluding carboxylic acids is 3. The van der Waals surface area contributed by atoms with E-state index >= 15 is 0 Å². The van der Waals surface area contributed by atoms with E-state index in [9.17, 15) is 24.9 Å². The first-order chi connectivity index (χ1) is 17.2. The third kappa shape index (κ3) is 6.03. The van der Waals surface area contributed by atoms with Gasteiger partial charge in [-0.05, 0) is 13.8 Å². The maximum absolute atomic E-state index is 12.3. The second kappa shape index (κ2) is 12.6. The Morgan fingerprint density at radius 3 is 1.64 bits per heavy atom. The van der Waals surface area contributed by atoms with Gasteiger partial charge in [0, 0.05) is 13.8 Å². The minimum absolute atomic E-state index is 0.0852. The molecule has 2 aliphatic heterocycles.